The van der Waals surface area contributed by atoms with Crippen LogP contribution in [0.3, 0.4) is 0 Å². The fourth-order valence-corrected chi connectivity index (χ4v) is 4.10. The Balaban J connectivity index is 1.84. The topological polar surface area (TPSA) is 116 Å². The zero-order valence-corrected chi connectivity index (χ0v) is 18.4. The summed E-state index contributed by atoms with van der Waals surface area (Å²) in [5, 5.41) is 23.7. The number of nitrogens with zero attached hydrogens (tertiary/aromatic N) is 4. The number of fused-ring (bicyclic) bond motifs is 3. The normalized spacial score (nSPS) is 12.0. The monoisotopic (exact) mass is 477 g/mol. The summed E-state index contributed by atoms with van der Waals surface area (Å²) < 4.78 is 2.47. The zero-order chi connectivity index (χ0) is 23.4. The second-order valence-corrected chi connectivity index (χ2v) is 8.16. The first-order valence-electron chi connectivity index (χ1n) is 9.67. The molecule has 2 aromatic carbocycles. The first-order valence-corrected chi connectivity index (χ1v) is 10.4. The van der Waals surface area contributed by atoms with Gasteiger partial charge in [-0.2, -0.15) is 5.26 Å². The molecule has 0 aliphatic heterocycles. The minimum Gasteiger partial charge on any atom is -0.493 e. The van der Waals surface area contributed by atoms with Crippen molar-refractivity contribution in [1.29, 1.82) is 5.26 Å². The Morgan fingerprint density at radius 2 is 1.91 bits per heavy atom. The zero-order valence-electron chi connectivity index (χ0n) is 16.9. The van der Waals surface area contributed by atoms with Crippen molar-refractivity contribution in [3.8, 4) is 17.6 Å². The van der Waals surface area contributed by atoms with E-state index < -0.39 is 17.0 Å². The number of rotatable bonds is 2. The van der Waals surface area contributed by atoms with E-state index in [2.05, 4.69) is 16.2 Å². The molecule has 0 unspecified atom stereocenters. The third kappa shape index (κ3) is 3.09. The highest BCUT2D eigenvalue weighted by atomic mass is 35.5. The van der Waals surface area contributed by atoms with Gasteiger partial charge in [0.05, 0.1) is 32.3 Å². The number of pyridine rings is 1. The molecule has 162 valence electrons. The maximum atomic E-state index is 13.4. The van der Waals surface area contributed by atoms with Crippen LogP contribution in [-0.2, 0) is 0 Å². The van der Waals surface area contributed by atoms with E-state index in [1.807, 2.05) is 0 Å². The number of nitriles is 1. The number of hydrogen-bond acceptors (Lipinski definition) is 5. The summed E-state index contributed by atoms with van der Waals surface area (Å²) in [6, 6.07) is 13.7. The number of aromatic amines is 1. The molecule has 3 aromatic heterocycles. The average Bonchev–Trinajstić information content (AvgIpc) is 3.31. The molecule has 10 heteroatoms. The van der Waals surface area contributed by atoms with Gasteiger partial charge in [-0.3, -0.25) is 19.1 Å². The number of H-pyrrole nitrogens is 1. The molecule has 0 saturated carbocycles. The van der Waals surface area contributed by atoms with Crippen molar-refractivity contribution in [2.45, 2.75) is 6.92 Å². The number of halogens is 2. The lowest BCUT2D eigenvalue weighted by Gasteiger charge is -2.06. The van der Waals surface area contributed by atoms with Crippen molar-refractivity contribution >= 4 is 46.0 Å². The molecule has 0 aliphatic rings. The van der Waals surface area contributed by atoms with Gasteiger partial charge in [-0.25, -0.2) is 9.67 Å². The SMILES string of the molecule is Cc1c(C#N)c2nc3ccccc3n2c(=O)c1=Cc1c(O)n(-c2ccc(Cl)c(Cl)c2)[nH]c1=O. The van der Waals surface area contributed by atoms with E-state index in [0.717, 1.165) is 4.68 Å². The number of benzene rings is 2. The van der Waals surface area contributed by atoms with Crippen molar-refractivity contribution in [2.75, 3.05) is 0 Å². The molecule has 0 atom stereocenters. The molecular weight excluding hydrogens is 465 g/mol. The van der Waals surface area contributed by atoms with E-state index in [-0.39, 0.29) is 27.0 Å². The minimum absolute atomic E-state index is 0.0925. The highest BCUT2D eigenvalue weighted by Crippen LogP contribution is 2.27. The van der Waals surface area contributed by atoms with Crippen molar-refractivity contribution in [1.82, 2.24) is 19.2 Å². The van der Waals surface area contributed by atoms with Crippen LogP contribution < -0.4 is 16.3 Å². The Morgan fingerprint density at radius 1 is 1.15 bits per heavy atom. The van der Waals surface area contributed by atoms with Gasteiger partial charge in [0.2, 0.25) is 5.88 Å². The van der Waals surface area contributed by atoms with Crippen molar-refractivity contribution in [3.05, 3.63) is 95.1 Å². The number of hydrogen-bond donors (Lipinski definition) is 2. The van der Waals surface area contributed by atoms with Gasteiger partial charge < -0.3 is 5.11 Å². The maximum Gasteiger partial charge on any atom is 0.275 e. The third-order valence-electron chi connectivity index (χ3n) is 5.47. The van der Waals surface area contributed by atoms with Crippen LogP contribution in [0.5, 0.6) is 5.88 Å². The van der Waals surface area contributed by atoms with Gasteiger partial charge in [0.25, 0.3) is 11.1 Å². The third-order valence-corrected chi connectivity index (χ3v) is 6.21. The van der Waals surface area contributed by atoms with Crippen LogP contribution in [0.15, 0.2) is 52.1 Å². The Morgan fingerprint density at radius 3 is 2.64 bits per heavy atom. The fourth-order valence-electron chi connectivity index (χ4n) is 3.81. The van der Waals surface area contributed by atoms with Gasteiger partial charge in [0, 0.05) is 5.22 Å². The first kappa shape index (κ1) is 20.8. The molecule has 0 bridgehead atoms. The summed E-state index contributed by atoms with van der Waals surface area (Å²) in [6.07, 6.45) is 1.27. The number of imidazole rings is 1. The van der Waals surface area contributed by atoms with Gasteiger partial charge in [0.15, 0.2) is 5.65 Å². The summed E-state index contributed by atoms with van der Waals surface area (Å²) >= 11 is 12.0. The fraction of sp³-hybridized carbons (Fsp3) is 0.0435. The molecule has 8 nitrogen and oxygen atoms in total. The summed E-state index contributed by atoms with van der Waals surface area (Å²) in [5.41, 5.74) is 1.03. The van der Waals surface area contributed by atoms with Crippen LogP contribution in [0, 0.1) is 18.3 Å². The Bertz CT molecular complexity index is 1830. The van der Waals surface area contributed by atoms with Crippen LogP contribution >= 0.6 is 23.2 Å². The molecule has 3 heterocycles. The van der Waals surface area contributed by atoms with E-state index in [1.54, 1.807) is 37.3 Å². The lowest BCUT2D eigenvalue weighted by molar-refractivity contribution is 0.432. The van der Waals surface area contributed by atoms with Crippen LogP contribution in [0.4, 0.5) is 0 Å². The second kappa shape index (κ2) is 7.52. The van der Waals surface area contributed by atoms with Crippen molar-refractivity contribution < 1.29 is 5.11 Å². The minimum atomic E-state index is -0.633. The molecule has 0 radical (unpaired) electrons. The van der Waals surface area contributed by atoms with Crippen LogP contribution in [0.1, 0.15) is 16.7 Å². The molecule has 0 aliphatic carbocycles. The number of nitrogens with one attached hydrogen (secondary N) is 1. The van der Waals surface area contributed by atoms with Crippen LogP contribution in [0.25, 0.3) is 28.4 Å². The number of aromatic nitrogens is 4. The van der Waals surface area contributed by atoms with E-state index in [0.29, 0.717) is 27.3 Å². The maximum absolute atomic E-state index is 13.4. The van der Waals surface area contributed by atoms with Gasteiger partial charge in [0.1, 0.15) is 11.6 Å². The lowest BCUT2D eigenvalue weighted by Crippen LogP contribution is -2.34. The highest BCUT2D eigenvalue weighted by Gasteiger charge is 2.19. The molecular formula is C23H13Cl2N5O3. The second-order valence-electron chi connectivity index (χ2n) is 7.35. The lowest BCUT2D eigenvalue weighted by atomic mass is 10.1. The first-order chi connectivity index (χ1) is 15.8. The summed E-state index contributed by atoms with van der Waals surface area (Å²) in [7, 11) is 0. The largest absolute Gasteiger partial charge is 0.493 e. The molecule has 0 saturated heterocycles. The summed E-state index contributed by atoms with van der Waals surface area (Å²) in [4.78, 5) is 30.5. The number of aromatic hydroxyl groups is 1. The van der Waals surface area contributed by atoms with E-state index >= 15 is 0 Å². The number of para-hydroxylation sites is 2. The molecule has 33 heavy (non-hydrogen) atoms. The summed E-state index contributed by atoms with van der Waals surface area (Å²) in [5.74, 6) is -0.425. The van der Waals surface area contributed by atoms with Crippen LogP contribution in [-0.4, -0.2) is 24.3 Å². The molecule has 2 N–H and O–H groups in total. The van der Waals surface area contributed by atoms with Gasteiger partial charge in [-0.15, -0.1) is 0 Å². The predicted octanol–water partition coefficient (Wildman–Crippen LogP) is 3.07. The Hall–Kier alpha value is -4.06. The standard InChI is InChI=1S/C23H13Cl2N5O3/c1-11-13(22(32)29-19-5-3-2-4-18(19)27-20(29)15(11)10-26)9-14-21(31)28-30(23(14)33)12-6-7-16(24)17(25)8-12/h2-9,33H,1H3,(H,28,31). The van der Waals surface area contributed by atoms with E-state index in [9.17, 15) is 20.0 Å². The molecule has 0 amide bonds. The van der Waals surface area contributed by atoms with Crippen molar-refractivity contribution in [2.24, 2.45) is 0 Å². The Labute approximate surface area is 195 Å². The van der Waals surface area contributed by atoms with Crippen LogP contribution in [0.2, 0.25) is 10.0 Å². The van der Waals surface area contributed by atoms with E-state index in [1.165, 1.54) is 22.6 Å². The molecule has 0 spiro atoms. The summed E-state index contributed by atoms with van der Waals surface area (Å²) in [6.45, 7) is 1.60. The van der Waals surface area contributed by atoms with Gasteiger partial charge in [-0.1, -0.05) is 35.3 Å². The van der Waals surface area contributed by atoms with E-state index in [4.69, 9.17) is 23.2 Å². The molecule has 5 rings (SSSR count). The Kier molecular flexibility index (Phi) is 4.74. The van der Waals surface area contributed by atoms with Crippen molar-refractivity contribution in [3.63, 3.8) is 0 Å². The average molecular weight is 478 g/mol. The van der Waals surface area contributed by atoms with Gasteiger partial charge >= 0.3 is 0 Å². The molecule has 5 aromatic rings. The highest BCUT2D eigenvalue weighted by molar-refractivity contribution is 6.42. The quantitative estimate of drug-likeness (QED) is 0.405. The smallest absolute Gasteiger partial charge is 0.275 e. The van der Waals surface area contributed by atoms with Gasteiger partial charge in [-0.05, 0) is 48.9 Å². The predicted molar refractivity (Wildman–Crippen MR) is 125 cm³/mol. The molecule has 0 fully saturated rings.